The van der Waals surface area contributed by atoms with Crippen LogP contribution in [0.1, 0.15) is 0 Å². The molecule has 112 valence electrons. The summed E-state index contributed by atoms with van der Waals surface area (Å²) >= 11 is 0. The molecule has 0 fully saturated rings. The highest BCUT2D eigenvalue weighted by atomic mass is 19.2. The molecule has 0 spiro atoms. The van der Waals surface area contributed by atoms with Crippen LogP contribution < -0.4 is 4.74 Å². The number of rotatable bonds is 2. The summed E-state index contributed by atoms with van der Waals surface area (Å²) in [7, 11) is 0. The fourth-order valence-corrected chi connectivity index (χ4v) is 1.22. The number of hydrogen-bond acceptors (Lipinski definition) is 3. The maximum absolute atomic E-state index is 13.2. The Kier molecular flexibility index (Phi) is 3.66. The lowest BCUT2D eigenvalue weighted by atomic mass is 10.3. The van der Waals surface area contributed by atoms with Gasteiger partial charge in [-0.15, -0.1) is 0 Å². The van der Waals surface area contributed by atoms with Crippen molar-refractivity contribution in [2.24, 2.45) is 0 Å². The van der Waals surface area contributed by atoms with Crippen LogP contribution in [0.2, 0.25) is 0 Å². The molecule has 0 saturated carbocycles. The van der Waals surface area contributed by atoms with Gasteiger partial charge in [0.25, 0.3) is 23.8 Å². The number of ether oxygens (including phenoxy) is 1. The van der Waals surface area contributed by atoms with Gasteiger partial charge in [-0.05, 0) is 0 Å². The summed E-state index contributed by atoms with van der Waals surface area (Å²) in [5.41, 5.74) is 0. The molecule has 2 aromatic heterocycles. The predicted molar refractivity (Wildman–Crippen MR) is 48.2 cm³/mol. The minimum absolute atomic E-state index is 1.97. The summed E-state index contributed by atoms with van der Waals surface area (Å²) in [6.07, 6.45) is 0. The first-order valence-electron chi connectivity index (χ1n) is 4.81. The van der Waals surface area contributed by atoms with Gasteiger partial charge in [-0.1, -0.05) is 0 Å². The van der Waals surface area contributed by atoms with Crippen molar-refractivity contribution in [3.63, 3.8) is 0 Å². The van der Waals surface area contributed by atoms with Gasteiger partial charge in [0.2, 0.25) is 34.8 Å². The molecular weight excluding hydrogens is 316 g/mol. The highest BCUT2D eigenvalue weighted by Crippen LogP contribution is 2.33. The first-order chi connectivity index (χ1) is 9.73. The van der Waals surface area contributed by atoms with E-state index in [1.807, 2.05) is 0 Å². The second-order valence-corrected chi connectivity index (χ2v) is 3.40. The largest absolute Gasteiger partial charge is 0.444 e. The van der Waals surface area contributed by atoms with Crippen molar-refractivity contribution in [2.75, 3.05) is 0 Å². The van der Waals surface area contributed by atoms with Crippen molar-refractivity contribution in [2.45, 2.75) is 0 Å². The molecule has 0 saturated heterocycles. The molecule has 0 unspecified atom stereocenters. The highest BCUT2D eigenvalue weighted by Gasteiger charge is 2.28. The third-order valence-electron chi connectivity index (χ3n) is 2.12. The average molecular weight is 316 g/mol. The molecule has 0 aliphatic rings. The first-order valence-corrected chi connectivity index (χ1v) is 4.81. The second-order valence-electron chi connectivity index (χ2n) is 3.40. The molecule has 2 rings (SSSR count). The number of hydrogen-bond donors (Lipinski definition) is 0. The molecule has 2 heterocycles. The van der Waals surface area contributed by atoms with Crippen molar-refractivity contribution in [1.82, 2.24) is 9.97 Å². The number of aromatic nitrogens is 2. The van der Waals surface area contributed by atoms with Gasteiger partial charge in [-0.25, -0.2) is 0 Å². The summed E-state index contributed by atoms with van der Waals surface area (Å²) < 4.78 is 108. The maximum Gasteiger partial charge on any atom is 0.255 e. The number of pyridine rings is 2. The monoisotopic (exact) mass is 316 g/mol. The quantitative estimate of drug-likeness (QED) is 0.629. The lowest BCUT2D eigenvalue weighted by Gasteiger charge is -2.10. The molecule has 0 aliphatic heterocycles. The molecule has 0 amide bonds. The van der Waals surface area contributed by atoms with Gasteiger partial charge in [0.15, 0.2) is 0 Å². The van der Waals surface area contributed by atoms with Crippen LogP contribution in [-0.4, -0.2) is 9.97 Å². The molecule has 0 aliphatic carbocycles. The van der Waals surface area contributed by atoms with Gasteiger partial charge in [0, 0.05) is 0 Å². The average Bonchev–Trinajstić information content (AvgIpc) is 2.42. The van der Waals surface area contributed by atoms with Crippen LogP contribution >= 0.6 is 0 Å². The molecule has 0 radical (unpaired) electrons. The standard InChI is InChI=1S/C10F8N2O/c11-1-5(2(12)8(16)19-7(1)15)21-6-3(13)9(17)20-10(18)4(6)14. The smallest absolute Gasteiger partial charge is 0.255 e. The number of halogens is 8. The van der Waals surface area contributed by atoms with Gasteiger partial charge >= 0.3 is 0 Å². The van der Waals surface area contributed by atoms with E-state index in [0.717, 1.165) is 0 Å². The van der Waals surface area contributed by atoms with E-state index in [9.17, 15) is 35.1 Å². The minimum Gasteiger partial charge on any atom is -0.444 e. The zero-order valence-electron chi connectivity index (χ0n) is 9.33. The fourth-order valence-electron chi connectivity index (χ4n) is 1.22. The van der Waals surface area contributed by atoms with E-state index in [1.54, 1.807) is 0 Å². The summed E-state index contributed by atoms with van der Waals surface area (Å²) in [4.78, 5) is 4.29. The van der Waals surface area contributed by atoms with Crippen molar-refractivity contribution >= 4 is 0 Å². The SMILES string of the molecule is Fc1nc(F)c(F)c(Oc2c(F)c(F)nc(F)c2F)c1F. The molecule has 0 N–H and O–H groups in total. The van der Waals surface area contributed by atoms with Crippen LogP contribution in [0.4, 0.5) is 35.1 Å². The van der Waals surface area contributed by atoms with Gasteiger partial charge in [0.05, 0.1) is 0 Å². The lowest BCUT2D eigenvalue weighted by molar-refractivity contribution is 0.305. The zero-order chi connectivity index (χ0) is 15.9. The normalized spacial score (nSPS) is 10.9. The van der Waals surface area contributed by atoms with Crippen LogP contribution in [0.3, 0.4) is 0 Å². The van der Waals surface area contributed by atoms with Gasteiger partial charge < -0.3 is 4.74 Å². The van der Waals surface area contributed by atoms with E-state index in [4.69, 9.17) is 0 Å². The van der Waals surface area contributed by atoms with Crippen molar-refractivity contribution in [3.05, 3.63) is 47.1 Å². The second kappa shape index (κ2) is 5.14. The summed E-state index contributed by atoms with van der Waals surface area (Å²) in [5, 5.41) is 0. The summed E-state index contributed by atoms with van der Waals surface area (Å²) in [6, 6.07) is 0. The Bertz CT molecular complexity index is 622. The van der Waals surface area contributed by atoms with Crippen molar-refractivity contribution in [3.8, 4) is 11.5 Å². The number of nitrogens with zero attached hydrogens (tertiary/aromatic N) is 2. The van der Waals surface area contributed by atoms with Crippen molar-refractivity contribution < 1.29 is 39.9 Å². The van der Waals surface area contributed by atoms with Crippen LogP contribution in [0.5, 0.6) is 11.5 Å². The van der Waals surface area contributed by atoms with E-state index in [0.29, 0.717) is 0 Å². The Morgan fingerprint density at radius 2 is 0.714 bits per heavy atom. The molecule has 0 atom stereocenters. The Morgan fingerprint density at radius 3 is 0.952 bits per heavy atom. The molecule has 11 heteroatoms. The van der Waals surface area contributed by atoms with Crippen molar-refractivity contribution in [1.29, 1.82) is 0 Å². The molecule has 3 nitrogen and oxygen atoms in total. The molecule has 2 aromatic rings. The van der Waals surface area contributed by atoms with Crippen LogP contribution in [-0.2, 0) is 0 Å². The van der Waals surface area contributed by atoms with E-state index in [-0.39, 0.29) is 0 Å². The van der Waals surface area contributed by atoms with E-state index in [2.05, 4.69) is 14.7 Å². The summed E-state index contributed by atoms with van der Waals surface area (Å²) in [6.45, 7) is 0. The third kappa shape index (κ3) is 2.45. The van der Waals surface area contributed by atoms with Crippen LogP contribution in [0.25, 0.3) is 0 Å². The third-order valence-corrected chi connectivity index (χ3v) is 2.12. The zero-order valence-corrected chi connectivity index (χ0v) is 9.33. The summed E-state index contributed by atoms with van der Waals surface area (Å²) in [5.74, 6) is -21.8. The van der Waals surface area contributed by atoms with Gasteiger partial charge in [-0.3, -0.25) is 0 Å². The van der Waals surface area contributed by atoms with Crippen LogP contribution in [0, 0.1) is 47.1 Å². The van der Waals surface area contributed by atoms with E-state index >= 15 is 0 Å². The van der Waals surface area contributed by atoms with E-state index in [1.165, 1.54) is 0 Å². The Labute approximate surface area is 109 Å². The Hall–Kier alpha value is -2.46. The van der Waals surface area contributed by atoms with Gasteiger partial charge in [-0.2, -0.15) is 45.1 Å². The molecule has 0 aromatic carbocycles. The predicted octanol–water partition coefficient (Wildman–Crippen LogP) is 3.38. The Morgan fingerprint density at radius 1 is 0.476 bits per heavy atom. The lowest BCUT2D eigenvalue weighted by Crippen LogP contribution is -2.07. The fraction of sp³-hybridized carbons (Fsp3) is 0. The van der Waals surface area contributed by atoms with E-state index < -0.39 is 58.6 Å². The van der Waals surface area contributed by atoms with Crippen LogP contribution in [0.15, 0.2) is 0 Å². The molecule has 21 heavy (non-hydrogen) atoms. The molecule has 0 bridgehead atoms. The highest BCUT2D eigenvalue weighted by molar-refractivity contribution is 5.33. The first kappa shape index (κ1) is 14.9. The Balaban J connectivity index is 2.64. The maximum atomic E-state index is 13.2. The molecular formula is C10F8N2O. The minimum atomic E-state index is -2.26. The topological polar surface area (TPSA) is 35.0 Å². The van der Waals surface area contributed by atoms with Gasteiger partial charge in [0.1, 0.15) is 0 Å².